The molecule has 0 bridgehead atoms. The summed E-state index contributed by atoms with van der Waals surface area (Å²) < 4.78 is 18.8. The van der Waals surface area contributed by atoms with Gasteiger partial charge in [0.05, 0.1) is 13.2 Å². The number of hydrogen-bond donors (Lipinski definition) is 1. The third-order valence-corrected chi connectivity index (χ3v) is 3.23. The molecule has 1 saturated heterocycles. The molecule has 0 radical (unpaired) electrons. The van der Waals surface area contributed by atoms with E-state index in [9.17, 15) is 4.39 Å². The maximum absolute atomic E-state index is 13.5. The zero-order chi connectivity index (χ0) is 12.8. The second kappa shape index (κ2) is 6.83. The molecule has 0 aliphatic carbocycles. The second-order valence-electron chi connectivity index (χ2n) is 4.73. The van der Waals surface area contributed by atoms with Gasteiger partial charge in [0.2, 0.25) is 0 Å². The van der Waals surface area contributed by atoms with Crippen LogP contribution in [-0.4, -0.2) is 44.3 Å². The molecule has 0 aromatic heterocycles. The highest BCUT2D eigenvalue weighted by atomic mass is 19.1. The van der Waals surface area contributed by atoms with Gasteiger partial charge in [0, 0.05) is 38.3 Å². The molecule has 0 saturated carbocycles. The van der Waals surface area contributed by atoms with E-state index in [1.165, 1.54) is 6.07 Å². The fourth-order valence-corrected chi connectivity index (χ4v) is 2.12. The van der Waals surface area contributed by atoms with Crippen molar-refractivity contribution in [2.45, 2.75) is 13.5 Å². The third kappa shape index (κ3) is 4.05. The molecule has 1 aliphatic rings. The minimum absolute atomic E-state index is 0.125. The molecule has 1 fully saturated rings. The van der Waals surface area contributed by atoms with Crippen LogP contribution in [0.4, 0.5) is 4.39 Å². The number of hydrogen-bond acceptors (Lipinski definition) is 3. The van der Waals surface area contributed by atoms with E-state index in [-0.39, 0.29) is 5.82 Å². The molecule has 1 heterocycles. The smallest absolute Gasteiger partial charge is 0.127 e. The van der Waals surface area contributed by atoms with Crippen LogP contribution in [0.5, 0.6) is 0 Å². The first-order valence-electron chi connectivity index (χ1n) is 6.51. The fourth-order valence-electron chi connectivity index (χ4n) is 2.12. The zero-order valence-corrected chi connectivity index (χ0v) is 10.9. The number of aryl methyl sites for hydroxylation is 1. The molecule has 18 heavy (non-hydrogen) atoms. The summed E-state index contributed by atoms with van der Waals surface area (Å²) in [4.78, 5) is 2.36. The van der Waals surface area contributed by atoms with E-state index in [2.05, 4.69) is 10.2 Å². The van der Waals surface area contributed by atoms with Crippen molar-refractivity contribution in [3.63, 3.8) is 0 Å². The summed E-state index contributed by atoms with van der Waals surface area (Å²) in [6, 6.07) is 5.23. The number of halogens is 1. The van der Waals surface area contributed by atoms with E-state index in [4.69, 9.17) is 4.74 Å². The first kappa shape index (κ1) is 13.5. The van der Waals surface area contributed by atoms with Gasteiger partial charge in [0.1, 0.15) is 5.82 Å². The summed E-state index contributed by atoms with van der Waals surface area (Å²) in [5, 5.41) is 3.29. The number of nitrogens with one attached hydrogen (secondary N) is 1. The lowest BCUT2D eigenvalue weighted by molar-refractivity contribution is 0.0384. The number of morpholine rings is 1. The van der Waals surface area contributed by atoms with E-state index < -0.39 is 0 Å². The van der Waals surface area contributed by atoms with Crippen molar-refractivity contribution in [1.82, 2.24) is 10.2 Å². The van der Waals surface area contributed by atoms with Crippen molar-refractivity contribution in [3.8, 4) is 0 Å². The van der Waals surface area contributed by atoms with Crippen LogP contribution in [-0.2, 0) is 11.3 Å². The highest BCUT2D eigenvalue weighted by molar-refractivity contribution is 5.23. The lowest BCUT2D eigenvalue weighted by Gasteiger charge is -2.26. The Morgan fingerprint density at radius 1 is 1.33 bits per heavy atom. The molecule has 4 heteroatoms. The summed E-state index contributed by atoms with van der Waals surface area (Å²) >= 11 is 0. The molecule has 1 aromatic carbocycles. The van der Waals surface area contributed by atoms with Gasteiger partial charge in [-0.1, -0.05) is 17.7 Å². The van der Waals surface area contributed by atoms with E-state index >= 15 is 0 Å². The Hall–Kier alpha value is -0.970. The molecule has 1 aliphatic heterocycles. The van der Waals surface area contributed by atoms with E-state index in [1.54, 1.807) is 6.07 Å². The summed E-state index contributed by atoms with van der Waals surface area (Å²) in [5.74, 6) is -0.125. The van der Waals surface area contributed by atoms with Gasteiger partial charge >= 0.3 is 0 Å². The second-order valence-corrected chi connectivity index (χ2v) is 4.73. The van der Waals surface area contributed by atoms with E-state index in [0.717, 1.165) is 50.5 Å². The van der Waals surface area contributed by atoms with Gasteiger partial charge in [-0.05, 0) is 13.0 Å². The van der Waals surface area contributed by atoms with Crippen LogP contribution in [0.15, 0.2) is 18.2 Å². The van der Waals surface area contributed by atoms with Crippen LogP contribution in [0, 0.1) is 12.7 Å². The Balaban J connectivity index is 1.69. The van der Waals surface area contributed by atoms with Gasteiger partial charge in [0.25, 0.3) is 0 Å². The maximum Gasteiger partial charge on any atom is 0.127 e. The monoisotopic (exact) mass is 252 g/mol. The molecular formula is C14H21FN2O. The number of ether oxygens (including phenoxy) is 1. The van der Waals surface area contributed by atoms with Gasteiger partial charge < -0.3 is 10.1 Å². The van der Waals surface area contributed by atoms with Gasteiger partial charge in [0.15, 0.2) is 0 Å². The SMILES string of the molecule is Cc1ccc(F)c(CNCCN2CCOCC2)c1. The van der Waals surface area contributed by atoms with Crippen LogP contribution in [0.3, 0.4) is 0 Å². The highest BCUT2D eigenvalue weighted by Crippen LogP contribution is 2.09. The van der Waals surface area contributed by atoms with Crippen molar-refractivity contribution in [2.75, 3.05) is 39.4 Å². The van der Waals surface area contributed by atoms with Gasteiger partial charge in [-0.2, -0.15) is 0 Å². The van der Waals surface area contributed by atoms with E-state index in [0.29, 0.717) is 6.54 Å². The topological polar surface area (TPSA) is 24.5 Å². The van der Waals surface area contributed by atoms with Crippen LogP contribution < -0.4 is 5.32 Å². The van der Waals surface area contributed by atoms with Crippen LogP contribution in [0.25, 0.3) is 0 Å². The molecule has 1 N–H and O–H groups in total. The van der Waals surface area contributed by atoms with Crippen molar-refractivity contribution in [3.05, 3.63) is 35.1 Å². The van der Waals surface area contributed by atoms with Crippen LogP contribution in [0.1, 0.15) is 11.1 Å². The average Bonchev–Trinajstić information content (AvgIpc) is 2.40. The average molecular weight is 252 g/mol. The Morgan fingerprint density at radius 3 is 2.89 bits per heavy atom. The Bertz CT molecular complexity index is 378. The molecule has 0 unspecified atom stereocenters. The quantitative estimate of drug-likeness (QED) is 0.805. The lowest BCUT2D eigenvalue weighted by Crippen LogP contribution is -2.40. The largest absolute Gasteiger partial charge is 0.379 e. The molecule has 2 rings (SSSR count). The highest BCUT2D eigenvalue weighted by Gasteiger charge is 2.09. The zero-order valence-electron chi connectivity index (χ0n) is 10.9. The van der Waals surface area contributed by atoms with Crippen molar-refractivity contribution in [1.29, 1.82) is 0 Å². The van der Waals surface area contributed by atoms with Crippen molar-refractivity contribution < 1.29 is 9.13 Å². The predicted molar refractivity (Wildman–Crippen MR) is 70.1 cm³/mol. The molecule has 0 amide bonds. The Morgan fingerprint density at radius 2 is 2.11 bits per heavy atom. The Kier molecular flexibility index (Phi) is 5.11. The first-order valence-corrected chi connectivity index (χ1v) is 6.51. The molecular weight excluding hydrogens is 231 g/mol. The van der Waals surface area contributed by atoms with Gasteiger partial charge in [-0.15, -0.1) is 0 Å². The van der Waals surface area contributed by atoms with Gasteiger partial charge in [-0.3, -0.25) is 4.90 Å². The normalized spacial score (nSPS) is 17.0. The minimum Gasteiger partial charge on any atom is -0.379 e. The number of nitrogens with zero attached hydrogens (tertiary/aromatic N) is 1. The van der Waals surface area contributed by atoms with Crippen molar-refractivity contribution in [2.24, 2.45) is 0 Å². The standard InChI is InChI=1S/C14H21FN2O/c1-12-2-3-14(15)13(10-12)11-16-4-5-17-6-8-18-9-7-17/h2-3,10,16H,4-9,11H2,1H3. The summed E-state index contributed by atoms with van der Waals surface area (Å²) in [7, 11) is 0. The van der Waals surface area contributed by atoms with Crippen molar-refractivity contribution >= 4 is 0 Å². The van der Waals surface area contributed by atoms with Crippen LogP contribution in [0.2, 0.25) is 0 Å². The third-order valence-electron chi connectivity index (χ3n) is 3.23. The van der Waals surface area contributed by atoms with Gasteiger partial charge in [-0.25, -0.2) is 4.39 Å². The number of benzene rings is 1. The molecule has 0 atom stereocenters. The summed E-state index contributed by atoms with van der Waals surface area (Å²) in [6.45, 7) is 8.11. The van der Waals surface area contributed by atoms with Crippen LogP contribution >= 0.6 is 0 Å². The molecule has 100 valence electrons. The lowest BCUT2D eigenvalue weighted by atomic mass is 10.1. The first-order chi connectivity index (χ1) is 8.75. The summed E-state index contributed by atoms with van der Waals surface area (Å²) in [5.41, 5.74) is 1.85. The Labute approximate surface area is 108 Å². The molecule has 1 aromatic rings. The predicted octanol–water partition coefficient (Wildman–Crippen LogP) is 1.56. The minimum atomic E-state index is -0.125. The number of rotatable bonds is 5. The van der Waals surface area contributed by atoms with E-state index in [1.807, 2.05) is 13.0 Å². The fraction of sp³-hybridized carbons (Fsp3) is 0.571. The summed E-state index contributed by atoms with van der Waals surface area (Å²) in [6.07, 6.45) is 0. The molecule has 3 nitrogen and oxygen atoms in total. The maximum atomic E-state index is 13.5. The molecule has 0 spiro atoms.